The maximum absolute atomic E-state index is 14.6. The zero-order valence-electron chi connectivity index (χ0n) is 19.8. The number of hydrogen-bond acceptors (Lipinski definition) is 0. The number of halogens is 4. The van der Waals surface area contributed by atoms with Crippen molar-refractivity contribution in [1.82, 2.24) is 0 Å². The first kappa shape index (κ1) is 24.6. The van der Waals surface area contributed by atoms with E-state index >= 15 is 0 Å². The van der Waals surface area contributed by atoms with Crippen molar-refractivity contribution in [2.75, 3.05) is 0 Å². The summed E-state index contributed by atoms with van der Waals surface area (Å²) in [6, 6.07) is 14.3. The third-order valence-electron chi connectivity index (χ3n) is 6.59. The lowest BCUT2D eigenvalue weighted by Crippen LogP contribution is -2.14. The molecule has 1 aliphatic carbocycles. The number of aryl methyl sites for hydroxylation is 1. The SMILES string of the molecule is Cc1ccc(C#Cc2c(F)c(F)c(C#Cc3ccc(CC4CCC(C)CC4)cc3)c(F)c2F)cc1. The first-order valence-corrected chi connectivity index (χ1v) is 11.9. The van der Waals surface area contributed by atoms with E-state index in [-0.39, 0.29) is 0 Å². The smallest absolute Gasteiger partial charge is 0.178 e. The molecule has 3 aromatic rings. The van der Waals surface area contributed by atoms with Gasteiger partial charge in [0.05, 0.1) is 0 Å². The molecule has 0 amide bonds. The van der Waals surface area contributed by atoms with E-state index in [2.05, 4.69) is 30.6 Å². The quantitative estimate of drug-likeness (QED) is 0.203. The summed E-state index contributed by atoms with van der Waals surface area (Å²) in [4.78, 5) is 0. The van der Waals surface area contributed by atoms with Crippen molar-refractivity contribution in [2.24, 2.45) is 11.8 Å². The number of benzene rings is 3. The highest BCUT2D eigenvalue weighted by molar-refractivity contribution is 5.51. The molecule has 0 bridgehead atoms. The maximum atomic E-state index is 14.6. The van der Waals surface area contributed by atoms with Crippen molar-refractivity contribution in [3.8, 4) is 23.7 Å². The molecule has 0 spiro atoms. The molecule has 1 fully saturated rings. The molecule has 0 N–H and O–H groups in total. The van der Waals surface area contributed by atoms with Gasteiger partial charge in [0.25, 0.3) is 0 Å². The molecule has 0 unspecified atom stereocenters. The van der Waals surface area contributed by atoms with Crippen molar-refractivity contribution >= 4 is 0 Å². The van der Waals surface area contributed by atoms with E-state index in [1.165, 1.54) is 31.2 Å². The van der Waals surface area contributed by atoms with Crippen LogP contribution in [-0.2, 0) is 6.42 Å². The largest absolute Gasteiger partial charge is 0.202 e. The van der Waals surface area contributed by atoms with Gasteiger partial charge in [0.1, 0.15) is 11.1 Å². The monoisotopic (exact) mass is 474 g/mol. The van der Waals surface area contributed by atoms with Crippen molar-refractivity contribution < 1.29 is 17.6 Å². The zero-order chi connectivity index (χ0) is 24.9. The van der Waals surface area contributed by atoms with Crippen LogP contribution in [0.4, 0.5) is 17.6 Å². The van der Waals surface area contributed by atoms with E-state index in [0.29, 0.717) is 17.0 Å². The van der Waals surface area contributed by atoms with Crippen LogP contribution < -0.4 is 0 Å². The Kier molecular flexibility index (Phi) is 7.62. The van der Waals surface area contributed by atoms with Crippen molar-refractivity contribution in [2.45, 2.75) is 46.0 Å². The molecule has 1 aliphatic rings. The molecular weight excluding hydrogens is 448 g/mol. The summed E-state index contributed by atoms with van der Waals surface area (Å²) in [6.45, 7) is 4.17. The normalized spacial score (nSPS) is 17.2. The van der Waals surface area contributed by atoms with Gasteiger partial charge in [-0.2, -0.15) is 0 Å². The Balaban J connectivity index is 1.53. The minimum Gasteiger partial charge on any atom is -0.202 e. The Bertz CT molecular complexity index is 1290. The molecule has 0 heterocycles. The first-order chi connectivity index (χ1) is 16.8. The molecule has 0 atom stereocenters. The van der Waals surface area contributed by atoms with Gasteiger partial charge in [0.2, 0.25) is 0 Å². The molecule has 4 rings (SSSR count). The van der Waals surface area contributed by atoms with Crippen LogP contribution in [0.25, 0.3) is 0 Å². The Morgan fingerprint density at radius 2 is 1.06 bits per heavy atom. The van der Waals surface area contributed by atoms with E-state index in [0.717, 1.165) is 17.9 Å². The lowest BCUT2D eigenvalue weighted by Gasteiger charge is -2.26. The molecule has 0 saturated heterocycles. The Morgan fingerprint density at radius 3 is 1.51 bits per heavy atom. The average Bonchev–Trinajstić information content (AvgIpc) is 2.86. The van der Waals surface area contributed by atoms with Gasteiger partial charge in [-0.05, 0) is 67.9 Å². The summed E-state index contributed by atoms with van der Waals surface area (Å²) in [5, 5.41) is 0. The predicted molar refractivity (Wildman–Crippen MR) is 131 cm³/mol. The maximum Gasteiger partial charge on any atom is 0.178 e. The van der Waals surface area contributed by atoms with Gasteiger partial charge < -0.3 is 0 Å². The van der Waals surface area contributed by atoms with Crippen molar-refractivity contribution in [3.05, 3.63) is 105 Å². The lowest BCUT2D eigenvalue weighted by atomic mass is 9.80. The fourth-order valence-electron chi connectivity index (χ4n) is 4.35. The molecule has 3 aromatic carbocycles. The summed E-state index contributed by atoms with van der Waals surface area (Å²) in [6.07, 6.45) is 5.96. The second-order valence-electron chi connectivity index (χ2n) is 9.40. The second kappa shape index (κ2) is 10.8. The van der Waals surface area contributed by atoms with E-state index in [4.69, 9.17) is 0 Å². The van der Waals surface area contributed by atoms with Crippen LogP contribution in [0.1, 0.15) is 66.0 Å². The van der Waals surface area contributed by atoms with E-state index < -0.39 is 34.4 Å². The Morgan fingerprint density at radius 1 is 0.629 bits per heavy atom. The highest BCUT2D eigenvalue weighted by Crippen LogP contribution is 2.30. The summed E-state index contributed by atoms with van der Waals surface area (Å²) in [5.41, 5.74) is 1.26. The molecule has 0 radical (unpaired) electrons. The van der Waals surface area contributed by atoms with Gasteiger partial charge in [-0.3, -0.25) is 0 Å². The first-order valence-electron chi connectivity index (χ1n) is 11.9. The van der Waals surface area contributed by atoms with E-state index in [9.17, 15) is 17.6 Å². The third kappa shape index (κ3) is 5.95. The fourth-order valence-corrected chi connectivity index (χ4v) is 4.35. The van der Waals surface area contributed by atoms with E-state index in [1.54, 1.807) is 36.4 Å². The minimum absolute atomic E-state index is 0.473. The van der Waals surface area contributed by atoms with Crippen molar-refractivity contribution in [1.29, 1.82) is 0 Å². The molecule has 178 valence electrons. The average molecular weight is 475 g/mol. The fraction of sp³-hybridized carbons (Fsp3) is 0.290. The van der Waals surface area contributed by atoms with Crippen LogP contribution in [0.2, 0.25) is 0 Å². The van der Waals surface area contributed by atoms with Gasteiger partial charge in [-0.15, -0.1) is 0 Å². The number of rotatable bonds is 2. The predicted octanol–water partition coefficient (Wildman–Crippen LogP) is 7.72. The highest BCUT2D eigenvalue weighted by Gasteiger charge is 2.23. The zero-order valence-corrected chi connectivity index (χ0v) is 19.8. The van der Waals surface area contributed by atoms with Gasteiger partial charge in [-0.25, -0.2) is 17.6 Å². The summed E-state index contributed by atoms with van der Waals surface area (Å²) >= 11 is 0. The Hall–Kier alpha value is -3.50. The van der Waals surface area contributed by atoms with Gasteiger partial charge in [-0.1, -0.05) is 73.3 Å². The summed E-state index contributed by atoms with van der Waals surface area (Å²) in [5.74, 6) is 4.91. The molecule has 0 nitrogen and oxygen atoms in total. The standard InChI is InChI=1S/C31H26F4/c1-20-3-7-22(8-4-20)15-17-26-28(32)30(34)27(31(35)29(26)33)18-16-23-11-13-25(14-12-23)19-24-9-5-21(2)6-10-24/h3-4,7-8,11-14,21,24H,5-6,9-10,19H2,1-2H3. The summed E-state index contributed by atoms with van der Waals surface area (Å²) < 4.78 is 58.3. The van der Waals surface area contributed by atoms with E-state index in [1.807, 2.05) is 19.1 Å². The van der Waals surface area contributed by atoms with Gasteiger partial charge in [0.15, 0.2) is 23.3 Å². The molecule has 0 aromatic heterocycles. The van der Waals surface area contributed by atoms with Crippen LogP contribution in [0.15, 0.2) is 48.5 Å². The van der Waals surface area contributed by atoms with Crippen LogP contribution >= 0.6 is 0 Å². The Labute approximate surface area is 204 Å². The second-order valence-corrected chi connectivity index (χ2v) is 9.40. The summed E-state index contributed by atoms with van der Waals surface area (Å²) in [7, 11) is 0. The number of hydrogen-bond donors (Lipinski definition) is 0. The minimum atomic E-state index is -1.55. The third-order valence-corrected chi connectivity index (χ3v) is 6.59. The van der Waals surface area contributed by atoms with Crippen molar-refractivity contribution in [3.63, 3.8) is 0 Å². The van der Waals surface area contributed by atoms with Gasteiger partial charge in [0, 0.05) is 11.1 Å². The van der Waals surface area contributed by atoms with Crippen LogP contribution in [0, 0.1) is 65.7 Å². The lowest BCUT2D eigenvalue weighted by molar-refractivity contribution is 0.289. The molecule has 1 saturated carbocycles. The molecule has 0 aliphatic heterocycles. The molecular formula is C31H26F4. The topological polar surface area (TPSA) is 0 Å². The van der Waals surface area contributed by atoms with Crippen LogP contribution in [0.5, 0.6) is 0 Å². The van der Waals surface area contributed by atoms with Crippen LogP contribution in [-0.4, -0.2) is 0 Å². The molecule has 4 heteroatoms. The van der Waals surface area contributed by atoms with Gasteiger partial charge >= 0.3 is 0 Å². The van der Waals surface area contributed by atoms with Crippen LogP contribution in [0.3, 0.4) is 0 Å². The highest BCUT2D eigenvalue weighted by atomic mass is 19.2. The molecule has 35 heavy (non-hydrogen) atoms.